The Hall–Kier alpha value is -2.33. The lowest BCUT2D eigenvalue weighted by Crippen LogP contribution is -2.58. The average molecular weight is 334 g/mol. The van der Waals surface area contributed by atoms with Crippen LogP contribution in [0.25, 0.3) is 22.3 Å². The molecule has 4 heteroatoms. The maximum absolute atomic E-state index is 6.27. The van der Waals surface area contributed by atoms with Gasteiger partial charge in [-0.25, -0.2) is 4.98 Å². The van der Waals surface area contributed by atoms with E-state index < -0.39 is 0 Å². The molecule has 2 bridgehead atoms. The molecule has 3 aromatic rings. The molecule has 0 saturated carbocycles. The first kappa shape index (κ1) is 15.0. The van der Waals surface area contributed by atoms with Crippen molar-refractivity contribution in [2.24, 2.45) is 5.92 Å². The minimum Gasteiger partial charge on any atom is -0.472 e. The van der Waals surface area contributed by atoms with Gasteiger partial charge in [-0.1, -0.05) is 18.2 Å². The summed E-state index contributed by atoms with van der Waals surface area (Å²) in [7, 11) is 0. The normalized spacial score (nSPS) is 28.4. The van der Waals surface area contributed by atoms with E-state index in [1.807, 2.05) is 36.5 Å². The fourth-order valence-electron chi connectivity index (χ4n) is 4.31. The highest BCUT2D eigenvalue weighted by Crippen LogP contribution is 2.35. The number of hydrogen-bond donors (Lipinski definition) is 0. The number of rotatable bonds is 3. The third-order valence-electron chi connectivity index (χ3n) is 5.79. The summed E-state index contributed by atoms with van der Waals surface area (Å²) in [6.45, 7) is 4.70. The summed E-state index contributed by atoms with van der Waals surface area (Å²) in [4.78, 5) is 7.07. The van der Waals surface area contributed by atoms with Crippen LogP contribution in [-0.4, -0.2) is 35.1 Å². The molecule has 0 aliphatic carbocycles. The standard InChI is InChI=1S/C21H22N2O2/c1-14-21(15-8-10-23(14)11-9-15)25-20-7-6-17(13-22-20)19-12-16-4-2-3-5-18(16)24-19/h2-7,12-15,21H,8-11H2,1H3/t14-,21-/m0/s1. The van der Waals surface area contributed by atoms with E-state index in [9.17, 15) is 0 Å². The third-order valence-corrected chi connectivity index (χ3v) is 5.79. The number of nitrogens with zero attached hydrogens (tertiary/aromatic N) is 2. The zero-order chi connectivity index (χ0) is 16.8. The minimum atomic E-state index is 0.257. The molecule has 3 aliphatic heterocycles. The number of aromatic nitrogens is 1. The number of hydrogen-bond acceptors (Lipinski definition) is 4. The van der Waals surface area contributed by atoms with E-state index in [1.165, 1.54) is 25.9 Å². The van der Waals surface area contributed by atoms with Crippen LogP contribution >= 0.6 is 0 Å². The molecule has 4 nitrogen and oxygen atoms in total. The van der Waals surface area contributed by atoms with Crippen molar-refractivity contribution in [2.45, 2.75) is 31.9 Å². The Morgan fingerprint density at radius 2 is 1.96 bits per heavy atom. The van der Waals surface area contributed by atoms with E-state index in [-0.39, 0.29) is 6.10 Å². The second-order valence-corrected chi connectivity index (χ2v) is 7.23. The fourth-order valence-corrected chi connectivity index (χ4v) is 4.31. The van der Waals surface area contributed by atoms with Gasteiger partial charge in [-0.2, -0.15) is 0 Å². The van der Waals surface area contributed by atoms with E-state index in [2.05, 4.69) is 28.9 Å². The monoisotopic (exact) mass is 334 g/mol. The summed E-state index contributed by atoms with van der Waals surface area (Å²) in [5, 5.41) is 1.11. The van der Waals surface area contributed by atoms with E-state index >= 15 is 0 Å². The van der Waals surface area contributed by atoms with Gasteiger partial charge in [0.2, 0.25) is 5.88 Å². The van der Waals surface area contributed by atoms with Crippen LogP contribution in [-0.2, 0) is 0 Å². The highest BCUT2D eigenvalue weighted by atomic mass is 16.5. The van der Waals surface area contributed by atoms with E-state index in [0.717, 1.165) is 22.3 Å². The molecule has 1 aromatic carbocycles. The second kappa shape index (κ2) is 5.88. The van der Waals surface area contributed by atoms with Gasteiger partial charge in [0, 0.05) is 29.3 Å². The molecule has 3 aliphatic rings. The summed E-state index contributed by atoms with van der Waals surface area (Å²) in [5.41, 5.74) is 1.88. The van der Waals surface area contributed by atoms with Crippen LogP contribution in [0.2, 0.25) is 0 Å². The van der Waals surface area contributed by atoms with Crippen LogP contribution < -0.4 is 4.74 Å². The van der Waals surface area contributed by atoms with Crippen molar-refractivity contribution in [3.63, 3.8) is 0 Å². The first-order chi connectivity index (χ1) is 12.3. The van der Waals surface area contributed by atoms with E-state index in [4.69, 9.17) is 9.15 Å². The van der Waals surface area contributed by atoms with Crippen molar-refractivity contribution in [1.82, 2.24) is 9.88 Å². The Labute approximate surface area is 147 Å². The fraction of sp³-hybridized carbons (Fsp3) is 0.381. The number of ether oxygens (including phenoxy) is 1. The molecule has 2 aromatic heterocycles. The average Bonchev–Trinajstić information content (AvgIpc) is 3.10. The molecule has 2 atom stereocenters. The minimum absolute atomic E-state index is 0.257. The van der Waals surface area contributed by atoms with Gasteiger partial charge in [0.15, 0.2) is 0 Å². The lowest BCUT2D eigenvalue weighted by atomic mass is 9.81. The third kappa shape index (κ3) is 2.61. The summed E-state index contributed by atoms with van der Waals surface area (Å²) in [5.74, 6) is 2.22. The van der Waals surface area contributed by atoms with Crippen molar-refractivity contribution in [1.29, 1.82) is 0 Å². The Morgan fingerprint density at radius 3 is 2.68 bits per heavy atom. The van der Waals surface area contributed by atoms with Crippen molar-refractivity contribution in [3.05, 3.63) is 48.7 Å². The zero-order valence-electron chi connectivity index (χ0n) is 14.4. The Bertz CT molecular complexity index is 843. The van der Waals surface area contributed by atoms with Crippen molar-refractivity contribution < 1.29 is 9.15 Å². The first-order valence-corrected chi connectivity index (χ1v) is 9.14. The quantitative estimate of drug-likeness (QED) is 0.713. The predicted octanol–water partition coefficient (Wildman–Crippen LogP) is 4.36. The topological polar surface area (TPSA) is 38.5 Å². The maximum atomic E-state index is 6.27. The highest BCUT2D eigenvalue weighted by Gasteiger charge is 2.41. The number of fused-ring (bicyclic) bond motifs is 4. The van der Waals surface area contributed by atoms with Crippen LogP contribution in [0.1, 0.15) is 19.8 Å². The summed E-state index contributed by atoms with van der Waals surface area (Å²) < 4.78 is 12.2. The molecule has 25 heavy (non-hydrogen) atoms. The summed E-state index contributed by atoms with van der Waals surface area (Å²) >= 11 is 0. The molecule has 128 valence electrons. The maximum Gasteiger partial charge on any atom is 0.213 e. The summed E-state index contributed by atoms with van der Waals surface area (Å²) in [6.07, 6.45) is 4.59. The van der Waals surface area contributed by atoms with Gasteiger partial charge >= 0.3 is 0 Å². The van der Waals surface area contributed by atoms with Crippen LogP contribution in [0.3, 0.4) is 0 Å². The van der Waals surface area contributed by atoms with Crippen LogP contribution in [0, 0.1) is 5.92 Å². The number of furan rings is 1. The van der Waals surface area contributed by atoms with Crippen LogP contribution in [0.15, 0.2) is 53.1 Å². The number of pyridine rings is 1. The van der Waals surface area contributed by atoms with Crippen molar-refractivity contribution in [2.75, 3.05) is 13.1 Å². The second-order valence-electron chi connectivity index (χ2n) is 7.23. The van der Waals surface area contributed by atoms with Gasteiger partial charge < -0.3 is 9.15 Å². The van der Waals surface area contributed by atoms with Crippen molar-refractivity contribution >= 4 is 11.0 Å². The number of benzene rings is 1. The molecular formula is C21H22N2O2. The highest BCUT2D eigenvalue weighted by molar-refractivity contribution is 5.82. The van der Waals surface area contributed by atoms with Crippen LogP contribution in [0.4, 0.5) is 0 Å². The molecular weight excluding hydrogens is 312 g/mol. The molecule has 3 saturated heterocycles. The number of piperidine rings is 3. The smallest absolute Gasteiger partial charge is 0.213 e. The molecule has 3 fully saturated rings. The van der Waals surface area contributed by atoms with Gasteiger partial charge in [0.25, 0.3) is 0 Å². The molecule has 0 unspecified atom stereocenters. The van der Waals surface area contributed by atoms with E-state index in [1.54, 1.807) is 0 Å². The van der Waals surface area contributed by atoms with Gasteiger partial charge in [-0.05, 0) is 57.0 Å². The lowest BCUT2D eigenvalue weighted by Gasteiger charge is -2.49. The Morgan fingerprint density at radius 1 is 1.12 bits per heavy atom. The first-order valence-electron chi connectivity index (χ1n) is 9.14. The lowest BCUT2D eigenvalue weighted by molar-refractivity contribution is -0.0525. The van der Waals surface area contributed by atoms with Gasteiger partial charge in [-0.15, -0.1) is 0 Å². The SMILES string of the molecule is C[C@H]1[C@H](Oc2ccc(-c3cc4ccccc4o3)cn2)C2CCN1CC2. The molecule has 0 radical (unpaired) electrons. The predicted molar refractivity (Wildman–Crippen MR) is 97.6 cm³/mol. The van der Waals surface area contributed by atoms with Gasteiger partial charge in [0.1, 0.15) is 17.4 Å². The van der Waals surface area contributed by atoms with Crippen LogP contribution in [0.5, 0.6) is 5.88 Å². The largest absolute Gasteiger partial charge is 0.472 e. The molecule has 5 heterocycles. The van der Waals surface area contributed by atoms with Gasteiger partial charge in [0.05, 0.1) is 0 Å². The Kier molecular flexibility index (Phi) is 3.52. The van der Waals surface area contributed by atoms with Gasteiger partial charge in [-0.3, -0.25) is 4.90 Å². The zero-order valence-corrected chi connectivity index (χ0v) is 14.4. The number of para-hydroxylation sites is 1. The Balaban J connectivity index is 1.36. The van der Waals surface area contributed by atoms with Crippen molar-refractivity contribution in [3.8, 4) is 17.2 Å². The van der Waals surface area contributed by atoms with E-state index in [0.29, 0.717) is 17.8 Å². The molecule has 6 rings (SSSR count). The summed E-state index contributed by atoms with van der Waals surface area (Å²) in [6, 6.07) is 14.6. The molecule has 0 amide bonds. The molecule has 0 N–H and O–H groups in total. The molecule has 0 spiro atoms.